The predicted octanol–water partition coefficient (Wildman–Crippen LogP) is 2.15. The second-order valence-corrected chi connectivity index (χ2v) is 6.07. The van der Waals surface area contributed by atoms with Crippen molar-refractivity contribution in [1.29, 1.82) is 0 Å². The maximum atomic E-state index is 14.1. The Hall–Kier alpha value is -2.44. The van der Waals surface area contributed by atoms with Crippen molar-refractivity contribution < 1.29 is 23.9 Å². The lowest BCUT2D eigenvalue weighted by molar-refractivity contribution is -0.141. The standard InChI is InChI=1S/C16H17FN2O4/c17-11-7-12-8(3-4-14(20)18-12)6-13(11)19-15(21)9-1-2-10(5-9)16(22)23/h6-7,9-10H,1-5H2,(H,18,20)(H,19,21)(H,22,23)/t9-,10+/m0/s1. The van der Waals surface area contributed by atoms with Crippen LogP contribution in [0.25, 0.3) is 0 Å². The fourth-order valence-corrected chi connectivity index (χ4v) is 3.18. The van der Waals surface area contributed by atoms with Gasteiger partial charge in [0.1, 0.15) is 5.82 Å². The summed E-state index contributed by atoms with van der Waals surface area (Å²) in [6.07, 6.45) is 2.06. The Labute approximate surface area is 132 Å². The number of aliphatic carboxylic acids is 1. The molecule has 2 atom stereocenters. The van der Waals surface area contributed by atoms with E-state index in [4.69, 9.17) is 5.11 Å². The third-order valence-corrected chi connectivity index (χ3v) is 4.50. The molecule has 1 aromatic rings. The predicted molar refractivity (Wildman–Crippen MR) is 80.4 cm³/mol. The van der Waals surface area contributed by atoms with Gasteiger partial charge in [0.2, 0.25) is 11.8 Å². The maximum Gasteiger partial charge on any atom is 0.306 e. The third kappa shape index (κ3) is 3.18. The van der Waals surface area contributed by atoms with E-state index in [-0.39, 0.29) is 23.9 Å². The molecule has 0 spiro atoms. The second-order valence-electron chi connectivity index (χ2n) is 6.07. The van der Waals surface area contributed by atoms with Crippen molar-refractivity contribution >= 4 is 29.2 Å². The zero-order valence-corrected chi connectivity index (χ0v) is 12.4. The molecule has 23 heavy (non-hydrogen) atoms. The van der Waals surface area contributed by atoms with Gasteiger partial charge in [-0.15, -0.1) is 0 Å². The number of anilines is 2. The second kappa shape index (κ2) is 5.98. The zero-order valence-electron chi connectivity index (χ0n) is 12.4. The highest BCUT2D eigenvalue weighted by Crippen LogP contribution is 2.33. The van der Waals surface area contributed by atoms with Crippen LogP contribution in [-0.4, -0.2) is 22.9 Å². The van der Waals surface area contributed by atoms with Crippen molar-refractivity contribution in [2.45, 2.75) is 32.1 Å². The SMILES string of the molecule is O=C1CCc2cc(NC(=O)[C@H]3CC[C@@H](C(=O)O)C3)c(F)cc2N1. The average molecular weight is 320 g/mol. The van der Waals surface area contributed by atoms with Gasteiger partial charge in [-0.05, 0) is 43.4 Å². The van der Waals surface area contributed by atoms with Gasteiger partial charge >= 0.3 is 5.97 Å². The van der Waals surface area contributed by atoms with E-state index in [1.54, 1.807) is 0 Å². The molecule has 122 valence electrons. The number of carbonyl (C=O) groups is 3. The van der Waals surface area contributed by atoms with Crippen LogP contribution in [-0.2, 0) is 20.8 Å². The Bertz CT molecular complexity index is 689. The molecule has 1 aliphatic carbocycles. The molecule has 6 nitrogen and oxygen atoms in total. The van der Waals surface area contributed by atoms with E-state index < -0.39 is 23.6 Å². The number of benzene rings is 1. The molecular formula is C16H17FN2O4. The zero-order chi connectivity index (χ0) is 16.6. The van der Waals surface area contributed by atoms with Gasteiger partial charge in [-0.1, -0.05) is 0 Å². The summed E-state index contributed by atoms with van der Waals surface area (Å²) in [7, 11) is 0. The van der Waals surface area contributed by atoms with Crippen molar-refractivity contribution in [2.24, 2.45) is 11.8 Å². The Morgan fingerprint density at radius 1 is 1.22 bits per heavy atom. The molecule has 1 saturated carbocycles. The van der Waals surface area contributed by atoms with Crippen LogP contribution >= 0.6 is 0 Å². The van der Waals surface area contributed by atoms with Gasteiger partial charge in [0.25, 0.3) is 0 Å². The van der Waals surface area contributed by atoms with E-state index in [9.17, 15) is 18.8 Å². The summed E-state index contributed by atoms with van der Waals surface area (Å²) >= 11 is 0. The van der Waals surface area contributed by atoms with Gasteiger partial charge < -0.3 is 15.7 Å². The molecule has 0 unspecified atom stereocenters. The Morgan fingerprint density at radius 2 is 1.96 bits per heavy atom. The summed E-state index contributed by atoms with van der Waals surface area (Å²) < 4.78 is 14.1. The normalized spacial score (nSPS) is 23.1. The highest BCUT2D eigenvalue weighted by atomic mass is 19.1. The first-order valence-corrected chi connectivity index (χ1v) is 7.60. The summed E-state index contributed by atoms with van der Waals surface area (Å²) in [5, 5.41) is 14.1. The molecule has 1 fully saturated rings. The van der Waals surface area contributed by atoms with Gasteiger partial charge in [-0.25, -0.2) is 4.39 Å². The van der Waals surface area contributed by atoms with Gasteiger partial charge in [0.05, 0.1) is 11.6 Å². The lowest BCUT2D eigenvalue weighted by Gasteiger charge is -2.19. The Kier molecular flexibility index (Phi) is 4.02. The van der Waals surface area contributed by atoms with Gasteiger partial charge in [-0.3, -0.25) is 14.4 Å². The van der Waals surface area contributed by atoms with Crippen molar-refractivity contribution in [1.82, 2.24) is 0 Å². The number of fused-ring (bicyclic) bond motifs is 1. The van der Waals surface area contributed by atoms with E-state index in [1.165, 1.54) is 12.1 Å². The molecule has 3 N–H and O–H groups in total. The number of amides is 2. The lowest BCUT2D eigenvalue weighted by atomic mass is 10.0. The maximum absolute atomic E-state index is 14.1. The number of hydrogen-bond donors (Lipinski definition) is 3. The van der Waals surface area contributed by atoms with Gasteiger partial charge in [0, 0.05) is 18.0 Å². The van der Waals surface area contributed by atoms with Crippen molar-refractivity contribution in [3.63, 3.8) is 0 Å². The minimum atomic E-state index is -0.893. The van der Waals surface area contributed by atoms with E-state index in [0.29, 0.717) is 31.4 Å². The van der Waals surface area contributed by atoms with Crippen LogP contribution in [0.3, 0.4) is 0 Å². The average Bonchev–Trinajstić information content (AvgIpc) is 2.98. The summed E-state index contributed by atoms with van der Waals surface area (Å²) in [6, 6.07) is 2.74. The van der Waals surface area contributed by atoms with Crippen LogP contribution in [0.2, 0.25) is 0 Å². The molecule has 0 aromatic heterocycles. The van der Waals surface area contributed by atoms with Crippen molar-refractivity contribution in [3.05, 3.63) is 23.5 Å². The first-order valence-electron chi connectivity index (χ1n) is 7.60. The summed E-state index contributed by atoms with van der Waals surface area (Å²) in [5.74, 6) is -2.93. The number of carbonyl (C=O) groups excluding carboxylic acids is 2. The number of halogens is 1. The molecule has 3 rings (SSSR count). The monoisotopic (exact) mass is 320 g/mol. The van der Waals surface area contributed by atoms with Gasteiger partial charge in [-0.2, -0.15) is 0 Å². The van der Waals surface area contributed by atoms with Crippen LogP contribution in [0.5, 0.6) is 0 Å². The molecule has 1 aromatic carbocycles. The van der Waals surface area contributed by atoms with Crippen molar-refractivity contribution in [3.8, 4) is 0 Å². The van der Waals surface area contributed by atoms with E-state index in [0.717, 1.165) is 5.56 Å². The number of aryl methyl sites for hydroxylation is 1. The fourth-order valence-electron chi connectivity index (χ4n) is 3.18. The lowest BCUT2D eigenvalue weighted by Crippen LogP contribution is -2.23. The minimum absolute atomic E-state index is 0.0728. The smallest absolute Gasteiger partial charge is 0.306 e. The number of hydrogen-bond acceptors (Lipinski definition) is 3. The van der Waals surface area contributed by atoms with Crippen LogP contribution in [0.4, 0.5) is 15.8 Å². The minimum Gasteiger partial charge on any atom is -0.481 e. The first-order chi connectivity index (χ1) is 10.9. The third-order valence-electron chi connectivity index (χ3n) is 4.50. The summed E-state index contributed by atoms with van der Waals surface area (Å²) in [6.45, 7) is 0. The number of carboxylic acid groups (broad SMARTS) is 1. The fraction of sp³-hybridized carbons (Fsp3) is 0.438. The highest BCUT2D eigenvalue weighted by Gasteiger charge is 2.34. The Morgan fingerprint density at radius 3 is 2.65 bits per heavy atom. The molecule has 0 bridgehead atoms. The molecule has 0 radical (unpaired) electrons. The quantitative estimate of drug-likeness (QED) is 0.795. The molecule has 2 aliphatic rings. The topological polar surface area (TPSA) is 95.5 Å². The van der Waals surface area contributed by atoms with E-state index in [1.807, 2.05) is 0 Å². The van der Waals surface area contributed by atoms with Crippen molar-refractivity contribution in [2.75, 3.05) is 10.6 Å². The summed E-state index contributed by atoms with van der Waals surface area (Å²) in [5.41, 5.74) is 1.28. The molecule has 0 saturated heterocycles. The van der Waals surface area contributed by atoms with Crippen LogP contribution in [0.15, 0.2) is 12.1 Å². The summed E-state index contributed by atoms with van der Waals surface area (Å²) in [4.78, 5) is 34.5. The van der Waals surface area contributed by atoms with Crippen LogP contribution < -0.4 is 10.6 Å². The van der Waals surface area contributed by atoms with Crippen LogP contribution in [0, 0.1) is 17.7 Å². The number of nitrogens with one attached hydrogen (secondary N) is 2. The Balaban J connectivity index is 1.72. The molecule has 2 amide bonds. The molecule has 1 aliphatic heterocycles. The van der Waals surface area contributed by atoms with E-state index in [2.05, 4.69) is 10.6 Å². The first kappa shape index (κ1) is 15.5. The molecule has 7 heteroatoms. The molecule has 1 heterocycles. The number of rotatable bonds is 3. The van der Waals surface area contributed by atoms with E-state index >= 15 is 0 Å². The largest absolute Gasteiger partial charge is 0.481 e. The van der Waals surface area contributed by atoms with Gasteiger partial charge in [0.15, 0.2) is 0 Å². The number of carboxylic acids is 1. The molecular weight excluding hydrogens is 303 g/mol. The highest BCUT2D eigenvalue weighted by molar-refractivity contribution is 5.96. The van der Waals surface area contributed by atoms with Crippen LogP contribution in [0.1, 0.15) is 31.2 Å².